The van der Waals surface area contributed by atoms with E-state index in [2.05, 4.69) is 10.2 Å². The number of likely N-dealkylation sites (N-methyl/N-ethyl adjacent to an activating group) is 1. The van der Waals surface area contributed by atoms with Crippen molar-refractivity contribution in [3.63, 3.8) is 0 Å². The summed E-state index contributed by atoms with van der Waals surface area (Å²) in [4.78, 5) is 16.3. The first-order valence-electron chi connectivity index (χ1n) is 8.44. The van der Waals surface area contributed by atoms with Gasteiger partial charge in [-0.05, 0) is 26.4 Å². The molecule has 3 saturated heterocycles. The number of carbonyl (C=O) groups excluding carboxylic acids is 1. The summed E-state index contributed by atoms with van der Waals surface area (Å²) < 4.78 is 28.5. The third-order valence-electron chi connectivity index (χ3n) is 5.02. The van der Waals surface area contributed by atoms with Crippen molar-refractivity contribution in [3.05, 3.63) is 0 Å². The lowest BCUT2D eigenvalue weighted by atomic mass is 10.2. The molecule has 0 bridgehead atoms. The van der Waals surface area contributed by atoms with E-state index in [0.717, 1.165) is 32.5 Å². The molecule has 0 aromatic rings. The number of nitrogens with zero attached hydrogens (tertiary/aromatic N) is 4. The Morgan fingerprint density at radius 3 is 2.04 bits per heavy atom. The van der Waals surface area contributed by atoms with Gasteiger partial charge in [0.15, 0.2) is 0 Å². The number of piperazine rings is 2. The Labute approximate surface area is 138 Å². The molecule has 3 aliphatic rings. The molecule has 132 valence electrons. The first-order chi connectivity index (χ1) is 11.0. The number of amides is 1. The summed E-state index contributed by atoms with van der Waals surface area (Å²) in [6.45, 7) is 5.30. The van der Waals surface area contributed by atoms with Crippen LogP contribution in [-0.4, -0.2) is 105 Å². The van der Waals surface area contributed by atoms with Crippen LogP contribution in [0.2, 0.25) is 0 Å². The van der Waals surface area contributed by atoms with Gasteiger partial charge in [-0.1, -0.05) is 0 Å². The molecule has 1 N–H and O–H groups in total. The molecule has 23 heavy (non-hydrogen) atoms. The van der Waals surface area contributed by atoms with Gasteiger partial charge in [-0.15, -0.1) is 0 Å². The molecule has 0 saturated carbocycles. The molecule has 0 aromatic carbocycles. The van der Waals surface area contributed by atoms with E-state index in [-0.39, 0.29) is 11.9 Å². The van der Waals surface area contributed by atoms with Crippen LogP contribution >= 0.6 is 0 Å². The van der Waals surface area contributed by atoms with Crippen LogP contribution in [0.3, 0.4) is 0 Å². The molecule has 0 radical (unpaired) electrons. The fourth-order valence-corrected chi connectivity index (χ4v) is 5.01. The summed E-state index contributed by atoms with van der Waals surface area (Å²) in [5.74, 6) is 0.124. The first kappa shape index (κ1) is 17.1. The van der Waals surface area contributed by atoms with Gasteiger partial charge in [0, 0.05) is 52.4 Å². The van der Waals surface area contributed by atoms with Crippen LogP contribution in [-0.2, 0) is 15.0 Å². The SMILES string of the molecule is CN1CCN(S(=O)(=O)N2CCN(C(=O)C3CCCN3)CC2)CC1. The highest BCUT2D eigenvalue weighted by molar-refractivity contribution is 7.86. The zero-order valence-corrected chi connectivity index (χ0v) is 14.6. The van der Waals surface area contributed by atoms with Crippen molar-refractivity contribution >= 4 is 16.1 Å². The monoisotopic (exact) mass is 345 g/mol. The Balaban J connectivity index is 1.54. The zero-order valence-electron chi connectivity index (χ0n) is 13.8. The average Bonchev–Trinajstić information content (AvgIpc) is 3.09. The second-order valence-corrected chi connectivity index (χ2v) is 8.51. The maximum absolute atomic E-state index is 12.7. The second-order valence-electron chi connectivity index (χ2n) is 6.58. The molecule has 3 heterocycles. The predicted octanol–water partition coefficient (Wildman–Crippen LogP) is -1.63. The van der Waals surface area contributed by atoms with Gasteiger partial charge < -0.3 is 15.1 Å². The summed E-state index contributed by atoms with van der Waals surface area (Å²) in [7, 11) is -1.38. The number of rotatable bonds is 3. The lowest BCUT2D eigenvalue weighted by Gasteiger charge is -2.39. The van der Waals surface area contributed by atoms with Gasteiger partial charge in [0.05, 0.1) is 6.04 Å². The highest BCUT2D eigenvalue weighted by Gasteiger charge is 2.36. The molecular formula is C14H27N5O3S. The van der Waals surface area contributed by atoms with Gasteiger partial charge in [0.25, 0.3) is 10.2 Å². The molecule has 1 unspecified atom stereocenters. The minimum Gasteiger partial charge on any atom is -0.339 e. The van der Waals surface area contributed by atoms with Crippen LogP contribution in [0.25, 0.3) is 0 Å². The predicted molar refractivity (Wildman–Crippen MR) is 87.2 cm³/mol. The van der Waals surface area contributed by atoms with Gasteiger partial charge in [0.1, 0.15) is 0 Å². The smallest absolute Gasteiger partial charge is 0.282 e. The molecule has 3 rings (SSSR count). The maximum atomic E-state index is 12.7. The fourth-order valence-electron chi connectivity index (χ4n) is 3.44. The fraction of sp³-hybridized carbons (Fsp3) is 0.929. The van der Waals surface area contributed by atoms with Crippen LogP contribution < -0.4 is 5.32 Å². The molecule has 8 nitrogen and oxygen atoms in total. The zero-order chi connectivity index (χ0) is 16.4. The van der Waals surface area contributed by atoms with E-state index < -0.39 is 10.2 Å². The van der Waals surface area contributed by atoms with Crippen LogP contribution in [0, 0.1) is 0 Å². The van der Waals surface area contributed by atoms with Crippen molar-refractivity contribution in [2.24, 2.45) is 0 Å². The van der Waals surface area contributed by atoms with Crippen molar-refractivity contribution in [2.45, 2.75) is 18.9 Å². The van der Waals surface area contributed by atoms with Gasteiger partial charge in [-0.25, -0.2) is 0 Å². The Morgan fingerprint density at radius 1 is 0.957 bits per heavy atom. The van der Waals surface area contributed by atoms with E-state index in [4.69, 9.17) is 0 Å². The van der Waals surface area contributed by atoms with Gasteiger partial charge in [-0.2, -0.15) is 17.0 Å². The summed E-state index contributed by atoms with van der Waals surface area (Å²) in [6, 6.07) is -0.0733. The molecule has 1 atom stereocenters. The van der Waals surface area contributed by atoms with E-state index in [1.807, 2.05) is 7.05 Å². The summed E-state index contributed by atoms with van der Waals surface area (Å²) in [5.41, 5.74) is 0. The minimum atomic E-state index is -3.39. The molecule has 3 aliphatic heterocycles. The van der Waals surface area contributed by atoms with Crippen molar-refractivity contribution in [2.75, 3.05) is 66.0 Å². The molecular weight excluding hydrogens is 318 g/mol. The maximum Gasteiger partial charge on any atom is 0.282 e. The third-order valence-corrected chi connectivity index (χ3v) is 7.06. The normalized spacial score (nSPS) is 29.1. The van der Waals surface area contributed by atoms with Gasteiger partial charge >= 0.3 is 0 Å². The lowest BCUT2D eigenvalue weighted by Crippen LogP contribution is -2.58. The average molecular weight is 345 g/mol. The quantitative estimate of drug-likeness (QED) is 0.665. The standard InChI is InChI=1S/C14H27N5O3S/c1-16-5-9-18(10-6-16)23(21,22)19-11-7-17(8-12-19)14(20)13-3-2-4-15-13/h13,15H,2-12H2,1H3. The van der Waals surface area contributed by atoms with E-state index in [0.29, 0.717) is 39.3 Å². The van der Waals surface area contributed by atoms with Crippen LogP contribution in [0.1, 0.15) is 12.8 Å². The molecule has 9 heteroatoms. The number of hydrogen-bond acceptors (Lipinski definition) is 5. The van der Waals surface area contributed by atoms with Crippen molar-refractivity contribution in [1.29, 1.82) is 0 Å². The Kier molecular flexibility index (Phi) is 5.22. The van der Waals surface area contributed by atoms with E-state index in [9.17, 15) is 13.2 Å². The van der Waals surface area contributed by atoms with Crippen molar-refractivity contribution < 1.29 is 13.2 Å². The highest BCUT2D eigenvalue weighted by Crippen LogP contribution is 2.16. The molecule has 1 amide bonds. The van der Waals surface area contributed by atoms with Crippen molar-refractivity contribution in [1.82, 2.24) is 23.7 Å². The van der Waals surface area contributed by atoms with Crippen LogP contribution in [0.4, 0.5) is 0 Å². The Hall–Kier alpha value is -0.740. The summed E-state index contributed by atoms with van der Waals surface area (Å²) in [6.07, 6.45) is 1.92. The second kappa shape index (κ2) is 7.02. The highest BCUT2D eigenvalue weighted by atomic mass is 32.2. The Bertz CT molecular complexity index is 519. The van der Waals surface area contributed by atoms with Crippen molar-refractivity contribution in [3.8, 4) is 0 Å². The Morgan fingerprint density at radius 2 is 1.52 bits per heavy atom. The molecule has 0 spiro atoms. The lowest BCUT2D eigenvalue weighted by molar-refractivity contribution is -0.134. The number of nitrogens with one attached hydrogen (secondary N) is 1. The summed E-state index contributed by atoms with van der Waals surface area (Å²) in [5, 5.41) is 3.22. The van der Waals surface area contributed by atoms with Gasteiger partial charge in [-0.3, -0.25) is 4.79 Å². The largest absolute Gasteiger partial charge is 0.339 e. The number of carbonyl (C=O) groups is 1. The third kappa shape index (κ3) is 3.69. The number of hydrogen-bond donors (Lipinski definition) is 1. The topological polar surface area (TPSA) is 76.2 Å². The van der Waals surface area contributed by atoms with E-state index in [1.165, 1.54) is 4.31 Å². The summed E-state index contributed by atoms with van der Waals surface area (Å²) >= 11 is 0. The molecule has 0 aliphatic carbocycles. The van der Waals surface area contributed by atoms with Gasteiger partial charge in [0.2, 0.25) is 5.91 Å². The van der Waals surface area contributed by atoms with E-state index >= 15 is 0 Å². The molecule has 0 aromatic heterocycles. The van der Waals surface area contributed by atoms with Crippen LogP contribution in [0.15, 0.2) is 0 Å². The first-order valence-corrected chi connectivity index (χ1v) is 9.84. The van der Waals surface area contributed by atoms with Crippen LogP contribution in [0.5, 0.6) is 0 Å². The minimum absolute atomic E-state index is 0.0733. The van der Waals surface area contributed by atoms with E-state index in [1.54, 1.807) is 9.21 Å². The molecule has 3 fully saturated rings.